The minimum Gasteiger partial charge on any atom is -0.447 e. The Morgan fingerprint density at radius 1 is 1.30 bits per heavy atom. The molecular formula is C16H24N2O2. The number of carbonyl (C=O) groups excluding carboxylic acids is 1. The summed E-state index contributed by atoms with van der Waals surface area (Å²) in [4.78, 5) is 13.3. The molecule has 110 valence electrons. The van der Waals surface area contributed by atoms with E-state index in [2.05, 4.69) is 25.2 Å². The van der Waals surface area contributed by atoms with E-state index < -0.39 is 0 Å². The minimum atomic E-state index is -0.249. The molecule has 0 radical (unpaired) electrons. The van der Waals surface area contributed by atoms with Gasteiger partial charge in [0, 0.05) is 17.4 Å². The molecule has 0 aliphatic carbocycles. The van der Waals surface area contributed by atoms with Crippen LogP contribution in [-0.2, 0) is 4.74 Å². The molecule has 4 heteroatoms. The molecule has 0 spiro atoms. The van der Waals surface area contributed by atoms with Gasteiger partial charge in [-0.05, 0) is 31.0 Å². The fourth-order valence-corrected chi connectivity index (χ4v) is 2.61. The summed E-state index contributed by atoms with van der Waals surface area (Å²) < 4.78 is 4.98. The number of carbonyl (C=O) groups is 1. The molecule has 20 heavy (non-hydrogen) atoms. The SMILES string of the molecule is CCCC(CCC)Nc1cccc(N2CCOC2=O)c1. The highest BCUT2D eigenvalue weighted by atomic mass is 16.6. The minimum absolute atomic E-state index is 0.249. The van der Waals surface area contributed by atoms with Crippen molar-refractivity contribution in [1.29, 1.82) is 0 Å². The maximum atomic E-state index is 11.6. The van der Waals surface area contributed by atoms with Crippen LogP contribution in [0.4, 0.5) is 16.2 Å². The highest BCUT2D eigenvalue weighted by Crippen LogP contribution is 2.23. The third-order valence-corrected chi connectivity index (χ3v) is 3.56. The molecule has 0 aromatic heterocycles. The molecule has 2 rings (SSSR count). The first-order valence-electron chi connectivity index (χ1n) is 7.55. The third kappa shape index (κ3) is 3.65. The first kappa shape index (κ1) is 14.7. The topological polar surface area (TPSA) is 41.6 Å². The molecule has 4 nitrogen and oxygen atoms in total. The average Bonchev–Trinajstić information content (AvgIpc) is 2.86. The molecule has 0 saturated carbocycles. The van der Waals surface area contributed by atoms with Crippen molar-refractivity contribution >= 4 is 17.5 Å². The second kappa shape index (κ2) is 7.17. The van der Waals surface area contributed by atoms with Gasteiger partial charge in [-0.1, -0.05) is 32.8 Å². The van der Waals surface area contributed by atoms with Crippen LogP contribution in [0.2, 0.25) is 0 Å². The van der Waals surface area contributed by atoms with Gasteiger partial charge in [-0.3, -0.25) is 4.90 Å². The number of rotatable bonds is 7. The molecule has 1 saturated heterocycles. The lowest BCUT2D eigenvalue weighted by molar-refractivity contribution is 0.181. The van der Waals surface area contributed by atoms with Gasteiger partial charge in [0.05, 0.1) is 6.54 Å². The molecule has 0 atom stereocenters. The number of nitrogens with zero attached hydrogens (tertiary/aromatic N) is 1. The Balaban J connectivity index is 2.06. The van der Waals surface area contributed by atoms with Gasteiger partial charge < -0.3 is 10.1 Å². The lowest BCUT2D eigenvalue weighted by Crippen LogP contribution is -2.24. The molecular weight excluding hydrogens is 252 g/mol. The molecule has 1 fully saturated rings. The molecule has 1 aromatic rings. The van der Waals surface area contributed by atoms with Crippen LogP contribution in [0.1, 0.15) is 39.5 Å². The van der Waals surface area contributed by atoms with Crippen LogP contribution in [0.5, 0.6) is 0 Å². The van der Waals surface area contributed by atoms with Crippen LogP contribution in [-0.4, -0.2) is 25.3 Å². The van der Waals surface area contributed by atoms with E-state index in [4.69, 9.17) is 4.74 Å². The maximum Gasteiger partial charge on any atom is 0.414 e. The smallest absolute Gasteiger partial charge is 0.414 e. The lowest BCUT2D eigenvalue weighted by Gasteiger charge is -2.20. The second-order valence-corrected chi connectivity index (χ2v) is 5.23. The quantitative estimate of drug-likeness (QED) is 0.817. The maximum absolute atomic E-state index is 11.6. The fourth-order valence-electron chi connectivity index (χ4n) is 2.61. The van der Waals surface area contributed by atoms with Gasteiger partial charge >= 0.3 is 6.09 Å². The van der Waals surface area contributed by atoms with Crippen LogP contribution in [0, 0.1) is 0 Å². The van der Waals surface area contributed by atoms with E-state index in [0.29, 0.717) is 19.2 Å². The van der Waals surface area contributed by atoms with Crippen molar-refractivity contribution < 1.29 is 9.53 Å². The molecule has 1 heterocycles. The largest absolute Gasteiger partial charge is 0.447 e. The zero-order valence-corrected chi connectivity index (χ0v) is 12.4. The molecule has 0 bridgehead atoms. The zero-order chi connectivity index (χ0) is 14.4. The number of nitrogens with one attached hydrogen (secondary N) is 1. The number of hydrogen-bond donors (Lipinski definition) is 1. The predicted octanol–water partition coefficient (Wildman–Crippen LogP) is 4.02. The molecule has 1 N–H and O–H groups in total. The van der Waals surface area contributed by atoms with Crippen LogP contribution >= 0.6 is 0 Å². The van der Waals surface area contributed by atoms with Crippen molar-refractivity contribution in [3.8, 4) is 0 Å². The van der Waals surface area contributed by atoms with Crippen LogP contribution in [0.15, 0.2) is 24.3 Å². The summed E-state index contributed by atoms with van der Waals surface area (Å²) >= 11 is 0. The van der Waals surface area contributed by atoms with E-state index >= 15 is 0 Å². The summed E-state index contributed by atoms with van der Waals surface area (Å²) in [6.45, 7) is 5.53. The van der Waals surface area contributed by atoms with Crippen molar-refractivity contribution in [2.75, 3.05) is 23.4 Å². The van der Waals surface area contributed by atoms with E-state index in [1.165, 1.54) is 25.7 Å². The van der Waals surface area contributed by atoms with Gasteiger partial charge in [-0.15, -0.1) is 0 Å². The molecule has 1 amide bonds. The fraction of sp³-hybridized carbons (Fsp3) is 0.562. The molecule has 1 aliphatic rings. The highest BCUT2D eigenvalue weighted by molar-refractivity contribution is 5.89. The summed E-state index contributed by atoms with van der Waals surface area (Å²) in [5.74, 6) is 0. The Bertz CT molecular complexity index is 442. The van der Waals surface area contributed by atoms with Gasteiger partial charge in [0.1, 0.15) is 6.61 Å². The number of hydrogen-bond acceptors (Lipinski definition) is 3. The van der Waals surface area contributed by atoms with E-state index in [-0.39, 0.29) is 6.09 Å². The van der Waals surface area contributed by atoms with Crippen LogP contribution < -0.4 is 10.2 Å². The highest BCUT2D eigenvalue weighted by Gasteiger charge is 2.23. The first-order chi connectivity index (χ1) is 9.74. The second-order valence-electron chi connectivity index (χ2n) is 5.23. The molecule has 1 aromatic carbocycles. The Labute approximate surface area is 121 Å². The Kier molecular flexibility index (Phi) is 5.27. The standard InChI is InChI=1S/C16H24N2O2/c1-3-6-13(7-4-2)17-14-8-5-9-15(12-14)18-10-11-20-16(18)19/h5,8-9,12-13,17H,3-4,6-7,10-11H2,1-2H3. The normalized spacial score (nSPS) is 14.8. The summed E-state index contributed by atoms with van der Waals surface area (Å²) in [6, 6.07) is 8.53. The number of amides is 1. The van der Waals surface area contributed by atoms with Crippen molar-refractivity contribution in [3.05, 3.63) is 24.3 Å². The Morgan fingerprint density at radius 2 is 2.05 bits per heavy atom. The Morgan fingerprint density at radius 3 is 2.65 bits per heavy atom. The average molecular weight is 276 g/mol. The van der Waals surface area contributed by atoms with Gasteiger partial charge in [0.15, 0.2) is 0 Å². The summed E-state index contributed by atoms with van der Waals surface area (Å²) in [5, 5.41) is 3.58. The zero-order valence-electron chi connectivity index (χ0n) is 12.4. The third-order valence-electron chi connectivity index (χ3n) is 3.56. The number of benzene rings is 1. The molecule has 1 aliphatic heterocycles. The summed E-state index contributed by atoms with van der Waals surface area (Å²) in [7, 11) is 0. The van der Waals surface area contributed by atoms with Crippen LogP contribution in [0.3, 0.4) is 0 Å². The lowest BCUT2D eigenvalue weighted by atomic mass is 10.1. The predicted molar refractivity (Wildman–Crippen MR) is 82.4 cm³/mol. The van der Waals surface area contributed by atoms with Crippen molar-refractivity contribution in [2.24, 2.45) is 0 Å². The van der Waals surface area contributed by atoms with E-state index in [1.54, 1.807) is 4.90 Å². The van der Waals surface area contributed by atoms with Crippen molar-refractivity contribution in [2.45, 2.75) is 45.6 Å². The summed E-state index contributed by atoms with van der Waals surface area (Å²) in [5.41, 5.74) is 1.98. The van der Waals surface area contributed by atoms with E-state index in [1.807, 2.05) is 18.2 Å². The first-order valence-corrected chi connectivity index (χ1v) is 7.55. The Hall–Kier alpha value is -1.71. The summed E-state index contributed by atoms with van der Waals surface area (Å²) in [6.07, 6.45) is 4.44. The van der Waals surface area contributed by atoms with Crippen molar-refractivity contribution in [3.63, 3.8) is 0 Å². The van der Waals surface area contributed by atoms with Gasteiger partial charge in [0.25, 0.3) is 0 Å². The van der Waals surface area contributed by atoms with Crippen LogP contribution in [0.25, 0.3) is 0 Å². The number of ether oxygens (including phenoxy) is 1. The number of cyclic esters (lactones) is 1. The monoisotopic (exact) mass is 276 g/mol. The number of anilines is 2. The van der Waals surface area contributed by atoms with E-state index in [9.17, 15) is 4.79 Å². The van der Waals surface area contributed by atoms with Gasteiger partial charge in [0.2, 0.25) is 0 Å². The molecule has 0 unspecified atom stereocenters. The van der Waals surface area contributed by atoms with Gasteiger partial charge in [-0.25, -0.2) is 4.79 Å². The van der Waals surface area contributed by atoms with Crippen molar-refractivity contribution in [1.82, 2.24) is 0 Å². The van der Waals surface area contributed by atoms with E-state index in [0.717, 1.165) is 11.4 Å². The van der Waals surface area contributed by atoms with Gasteiger partial charge in [-0.2, -0.15) is 0 Å².